The summed E-state index contributed by atoms with van der Waals surface area (Å²) in [6.07, 6.45) is 43.0. The topological polar surface area (TPSA) is 108 Å². The van der Waals surface area contributed by atoms with Crippen molar-refractivity contribution in [1.29, 1.82) is 0 Å². The highest BCUT2D eigenvalue weighted by Gasteiger charge is 2.27. The highest BCUT2D eigenvalue weighted by atomic mass is 31.2. The van der Waals surface area contributed by atoms with Gasteiger partial charge in [-0.3, -0.25) is 18.6 Å². The molecule has 2 unspecified atom stereocenters. The van der Waals surface area contributed by atoms with Gasteiger partial charge in [-0.25, -0.2) is 4.57 Å². The predicted molar refractivity (Wildman–Crippen MR) is 229 cm³/mol. The number of ether oxygens (including phenoxy) is 2. The minimum atomic E-state index is -4.38. The van der Waals surface area contributed by atoms with E-state index in [9.17, 15) is 19.0 Å². The Morgan fingerprint density at radius 3 is 1.56 bits per heavy atom. The lowest BCUT2D eigenvalue weighted by atomic mass is 10.1. The van der Waals surface area contributed by atoms with Crippen molar-refractivity contribution in [1.82, 2.24) is 0 Å². The first-order valence-electron chi connectivity index (χ1n) is 21.9. The Bertz CT molecular complexity index is 1080. The van der Waals surface area contributed by atoms with Gasteiger partial charge in [-0.15, -0.1) is 0 Å². The summed E-state index contributed by atoms with van der Waals surface area (Å²) in [5.41, 5.74) is 0. The molecule has 9 nitrogen and oxygen atoms in total. The van der Waals surface area contributed by atoms with E-state index >= 15 is 0 Å². The molecule has 0 radical (unpaired) electrons. The number of nitrogens with zero attached hydrogens (tertiary/aromatic N) is 1. The van der Waals surface area contributed by atoms with Crippen LogP contribution in [0.15, 0.2) is 48.6 Å². The molecule has 0 rings (SSSR count). The first-order chi connectivity index (χ1) is 26.5. The van der Waals surface area contributed by atoms with Crippen molar-refractivity contribution in [3.05, 3.63) is 48.6 Å². The number of allylic oxidation sites excluding steroid dienone is 8. The van der Waals surface area contributed by atoms with Crippen LogP contribution < -0.4 is 0 Å². The highest BCUT2D eigenvalue weighted by molar-refractivity contribution is 7.47. The van der Waals surface area contributed by atoms with Crippen LogP contribution in [0.4, 0.5) is 0 Å². The summed E-state index contributed by atoms with van der Waals surface area (Å²) >= 11 is 0. The van der Waals surface area contributed by atoms with E-state index in [2.05, 4.69) is 62.5 Å². The molecule has 0 aliphatic heterocycles. The molecule has 0 aliphatic carbocycles. The number of likely N-dealkylation sites (N-methyl/N-ethyl adjacent to an activating group) is 1. The standard InChI is InChI=1S/C45H82NO8P/c1-6-8-10-12-14-16-18-20-22-24-26-28-30-32-34-36-38-45(48)54-43(42-53-55(49,50)52-40-39-46(3,4)5)41-51-44(47)37-35-33-31-29-27-25-23-21-19-17-15-13-11-9-7-2/h9,11,15,17,21-24,43H,6-8,10,12-14,16,18-20,25-42H2,1-5H3/p+1/b11-9+,17-15+,23-21+,24-22+. The lowest BCUT2D eigenvalue weighted by Gasteiger charge is -2.24. The van der Waals surface area contributed by atoms with Crippen LogP contribution in [0.2, 0.25) is 0 Å². The van der Waals surface area contributed by atoms with Crippen molar-refractivity contribution in [3.63, 3.8) is 0 Å². The average Bonchev–Trinajstić information content (AvgIpc) is 3.13. The van der Waals surface area contributed by atoms with Gasteiger partial charge in [0.25, 0.3) is 0 Å². The Morgan fingerprint density at radius 1 is 0.582 bits per heavy atom. The molecule has 1 N–H and O–H groups in total. The van der Waals surface area contributed by atoms with Crippen LogP contribution in [0.1, 0.15) is 174 Å². The van der Waals surface area contributed by atoms with E-state index in [1.165, 1.54) is 51.4 Å². The van der Waals surface area contributed by atoms with Crippen LogP contribution in [0.3, 0.4) is 0 Å². The number of hydrogen-bond donors (Lipinski definition) is 1. The quantitative estimate of drug-likeness (QED) is 0.0215. The van der Waals surface area contributed by atoms with Crippen molar-refractivity contribution in [3.8, 4) is 0 Å². The number of carbonyl (C=O) groups is 2. The Morgan fingerprint density at radius 2 is 1.04 bits per heavy atom. The predicted octanol–water partition coefficient (Wildman–Crippen LogP) is 12.3. The van der Waals surface area contributed by atoms with Gasteiger partial charge in [0.15, 0.2) is 6.10 Å². The van der Waals surface area contributed by atoms with Gasteiger partial charge in [-0.1, -0.05) is 140 Å². The van der Waals surface area contributed by atoms with Crippen molar-refractivity contribution in [2.45, 2.75) is 180 Å². The summed E-state index contributed by atoms with van der Waals surface area (Å²) in [5.74, 6) is -0.830. The van der Waals surface area contributed by atoms with E-state index in [1.807, 2.05) is 21.1 Å². The molecule has 0 aromatic carbocycles. The zero-order chi connectivity index (χ0) is 40.7. The van der Waals surface area contributed by atoms with E-state index in [0.717, 1.165) is 83.5 Å². The summed E-state index contributed by atoms with van der Waals surface area (Å²) in [7, 11) is 1.46. The third-order valence-corrected chi connectivity index (χ3v) is 10.1. The van der Waals surface area contributed by atoms with Crippen LogP contribution in [0.5, 0.6) is 0 Å². The Kier molecular flexibility index (Phi) is 36.2. The molecule has 0 amide bonds. The van der Waals surface area contributed by atoms with Gasteiger partial charge in [0.1, 0.15) is 19.8 Å². The van der Waals surface area contributed by atoms with Crippen LogP contribution in [-0.2, 0) is 32.7 Å². The maximum Gasteiger partial charge on any atom is 0.472 e. The van der Waals surface area contributed by atoms with E-state index in [1.54, 1.807) is 0 Å². The fourth-order valence-electron chi connectivity index (χ4n) is 5.67. The average molecular weight is 797 g/mol. The van der Waals surface area contributed by atoms with Gasteiger partial charge >= 0.3 is 19.8 Å². The molecule has 0 aliphatic rings. The number of unbranched alkanes of at least 4 members (excludes halogenated alkanes) is 17. The number of carbonyl (C=O) groups excluding carboxylic acids is 2. The lowest BCUT2D eigenvalue weighted by Crippen LogP contribution is -2.37. The zero-order valence-corrected chi connectivity index (χ0v) is 36.8. The van der Waals surface area contributed by atoms with Crippen molar-refractivity contribution < 1.29 is 42.1 Å². The number of quaternary nitrogens is 1. The molecule has 10 heteroatoms. The molecule has 0 bridgehead atoms. The molecular formula is C45H83NO8P+. The van der Waals surface area contributed by atoms with Crippen molar-refractivity contribution >= 4 is 19.8 Å². The normalized spacial score (nSPS) is 14.1. The second-order valence-electron chi connectivity index (χ2n) is 15.7. The SMILES string of the molecule is CC/C=C/C/C=C/C/C=C/CCCCCCCC(=O)OCC(COP(=O)(O)OCC[N+](C)(C)C)OC(=O)CCCCCCC/C=C/CCCCCCCCC. The fourth-order valence-corrected chi connectivity index (χ4v) is 6.41. The Labute approximate surface area is 337 Å². The van der Waals surface area contributed by atoms with Crippen molar-refractivity contribution in [2.75, 3.05) is 47.5 Å². The molecule has 0 heterocycles. The first kappa shape index (κ1) is 53.0. The zero-order valence-electron chi connectivity index (χ0n) is 35.9. The molecule has 0 saturated carbocycles. The van der Waals surface area contributed by atoms with Gasteiger partial charge in [0, 0.05) is 12.8 Å². The molecule has 0 saturated heterocycles. The number of esters is 2. The molecule has 320 valence electrons. The second-order valence-corrected chi connectivity index (χ2v) is 17.1. The molecule has 0 spiro atoms. The number of hydrogen-bond acceptors (Lipinski definition) is 7. The molecule has 55 heavy (non-hydrogen) atoms. The third-order valence-electron chi connectivity index (χ3n) is 9.09. The minimum Gasteiger partial charge on any atom is -0.462 e. The molecule has 0 aromatic rings. The summed E-state index contributed by atoms with van der Waals surface area (Å²) in [6.45, 7) is 4.27. The minimum absolute atomic E-state index is 0.0258. The third kappa shape index (κ3) is 41.4. The van der Waals surface area contributed by atoms with E-state index < -0.39 is 26.5 Å². The molecular weight excluding hydrogens is 713 g/mol. The Hall–Kier alpha value is -2.03. The van der Waals surface area contributed by atoms with Crippen LogP contribution in [0, 0.1) is 0 Å². The monoisotopic (exact) mass is 797 g/mol. The maximum absolute atomic E-state index is 12.7. The van der Waals surface area contributed by atoms with Crippen LogP contribution >= 0.6 is 7.82 Å². The number of rotatable bonds is 39. The van der Waals surface area contributed by atoms with Crippen LogP contribution in [0.25, 0.3) is 0 Å². The van der Waals surface area contributed by atoms with Crippen molar-refractivity contribution in [2.24, 2.45) is 0 Å². The highest BCUT2D eigenvalue weighted by Crippen LogP contribution is 2.43. The number of phosphoric ester groups is 1. The van der Waals surface area contributed by atoms with Gasteiger partial charge in [0.05, 0.1) is 27.7 Å². The Balaban J connectivity index is 4.41. The summed E-state index contributed by atoms with van der Waals surface area (Å²) < 4.78 is 34.3. The fraction of sp³-hybridized carbons (Fsp3) is 0.778. The van der Waals surface area contributed by atoms with E-state index in [-0.39, 0.29) is 32.0 Å². The van der Waals surface area contributed by atoms with Gasteiger partial charge < -0.3 is 18.9 Å². The van der Waals surface area contributed by atoms with Gasteiger partial charge in [-0.2, -0.15) is 0 Å². The van der Waals surface area contributed by atoms with Gasteiger partial charge in [-0.05, 0) is 70.6 Å². The summed E-state index contributed by atoms with van der Waals surface area (Å²) in [4.78, 5) is 35.3. The number of phosphoric acid groups is 1. The molecule has 2 atom stereocenters. The summed E-state index contributed by atoms with van der Waals surface area (Å²) in [6, 6.07) is 0. The summed E-state index contributed by atoms with van der Waals surface area (Å²) in [5, 5.41) is 0. The second kappa shape index (κ2) is 37.5. The molecule has 0 fully saturated rings. The maximum atomic E-state index is 12.7. The van der Waals surface area contributed by atoms with Crippen LogP contribution in [-0.4, -0.2) is 74.9 Å². The molecule has 0 aromatic heterocycles. The first-order valence-corrected chi connectivity index (χ1v) is 23.4. The van der Waals surface area contributed by atoms with E-state index in [0.29, 0.717) is 23.9 Å². The lowest BCUT2D eigenvalue weighted by molar-refractivity contribution is -0.870. The van der Waals surface area contributed by atoms with Gasteiger partial charge in [0.2, 0.25) is 0 Å². The smallest absolute Gasteiger partial charge is 0.462 e. The largest absolute Gasteiger partial charge is 0.472 e. The van der Waals surface area contributed by atoms with E-state index in [4.69, 9.17) is 18.5 Å².